The largest absolute Gasteiger partial charge is 0.381 e. The molecule has 0 aromatic carbocycles. The molecule has 3 heterocycles. The smallest absolute Gasteiger partial charge is 0.253 e. The van der Waals surface area contributed by atoms with E-state index in [1.807, 2.05) is 17.2 Å². The standard InChI is InChI=1S/C20H29N5O2/c1-18(2,27)17(26)25-10-19(3)8-13(9-20(19,4)11-25)24(5)16-14-6-7-21-15(14)22-12-23-16/h6-7,12-13,27H,8-11H2,1-5H3,(H,21,22,23)/t13?,19-,20+. The van der Waals surface area contributed by atoms with Crippen LogP contribution in [0.1, 0.15) is 40.5 Å². The molecular weight excluding hydrogens is 342 g/mol. The van der Waals surface area contributed by atoms with Gasteiger partial charge in [0.15, 0.2) is 0 Å². The van der Waals surface area contributed by atoms with Crippen molar-refractivity contribution in [1.82, 2.24) is 19.9 Å². The maximum absolute atomic E-state index is 12.6. The minimum absolute atomic E-state index is 0.0249. The predicted molar refractivity (Wildman–Crippen MR) is 104 cm³/mol. The molecule has 0 bridgehead atoms. The molecule has 27 heavy (non-hydrogen) atoms. The van der Waals surface area contributed by atoms with Crippen molar-refractivity contribution in [3.63, 3.8) is 0 Å². The van der Waals surface area contributed by atoms with Crippen LogP contribution in [0.4, 0.5) is 5.82 Å². The average Bonchev–Trinajstić information content (AvgIpc) is 3.21. The van der Waals surface area contributed by atoms with Gasteiger partial charge >= 0.3 is 0 Å². The number of fused-ring (bicyclic) bond motifs is 2. The van der Waals surface area contributed by atoms with E-state index in [4.69, 9.17) is 0 Å². The highest BCUT2D eigenvalue weighted by Crippen LogP contribution is 2.58. The number of aromatic nitrogens is 3. The summed E-state index contributed by atoms with van der Waals surface area (Å²) in [7, 11) is 2.10. The number of nitrogens with zero attached hydrogens (tertiary/aromatic N) is 4. The molecule has 1 aliphatic heterocycles. The zero-order valence-electron chi connectivity index (χ0n) is 16.8. The first-order chi connectivity index (χ1) is 12.5. The summed E-state index contributed by atoms with van der Waals surface area (Å²) in [5.41, 5.74) is -0.416. The van der Waals surface area contributed by atoms with Gasteiger partial charge in [-0.3, -0.25) is 4.79 Å². The van der Waals surface area contributed by atoms with Crippen LogP contribution in [-0.4, -0.2) is 62.6 Å². The number of anilines is 1. The molecule has 1 saturated heterocycles. The molecule has 2 N–H and O–H groups in total. The van der Waals surface area contributed by atoms with E-state index in [1.54, 1.807) is 20.2 Å². The van der Waals surface area contributed by atoms with Crippen LogP contribution in [-0.2, 0) is 4.79 Å². The summed E-state index contributed by atoms with van der Waals surface area (Å²) in [6.45, 7) is 9.10. The van der Waals surface area contributed by atoms with Gasteiger partial charge < -0.3 is 19.9 Å². The minimum atomic E-state index is -1.32. The Bertz CT molecular complexity index is 868. The molecule has 1 amide bonds. The number of H-pyrrole nitrogens is 1. The van der Waals surface area contributed by atoms with Crippen molar-refractivity contribution >= 4 is 22.8 Å². The fourth-order valence-electron chi connectivity index (χ4n) is 5.13. The number of rotatable bonds is 3. The number of nitrogens with one attached hydrogen (secondary N) is 1. The Morgan fingerprint density at radius 2 is 1.93 bits per heavy atom. The Kier molecular flexibility index (Phi) is 3.83. The number of hydrogen-bond acceptors (Lipinski definition) is 5. The topological polar surface area (TPSA) is 85.4 Å². The Hall–Kier alpha value is -2.15. The van der Waals surface area contributed by atoms with Gasteiger partial charge in [0.1, 0.15) is 23.4 Å². The van der Waals surface area contributed by atoms with Gasteiger partial charge in [-0.1, -0.05) is 13.8 Å². The highest BCUT2D eigenvalue weighted by atomic mass is 16.3. The number of hydrogen-bond donors (Lipinski definition) is 2. The normalized spacial score (nSPS) is 30.7. The SMILES string of the molecule is CN(c1ncnc2[nH]ccc12)C1C[C@@]2(C)CN(C(=O)C(C)(C)O)C[C@@]2(C)C1. The quantitative estimate of drug-likeness (QED) is 0.864. The lowest BCUT2D eigenvalue weighted by atomic mass is 9.71. The third kappa shape index (κ3) is 2.71. The van der Waals surface area contributed by atoms with Gasteiger partial charge in [-0.2, -0.15) is 0 Å². The van der Waals surface area contributed by atoms with E-state index in [0.717, 1.165) is 29.7 Å². The molecule has 0 spiro atoms. The van der Waals surface area contributed by atoms with Crippen LogP contribution in [0.3, 0.4) is 0 Å². The fourth-order valence-corrected chi connectivity index (χ4v) is 5.13. The lowest BCUT2D eigenvalue weighted by Gasteiger charge is -2.31. The van der Waals surface area contributed by atoms with E-state index in [2.05, 4.69) is 40.7 Å². The van der Waals surface area contributed by atoms with E-state index >= 15 is 0 Å². The van der Waals surface area contributed by atoms with Crippen molar-refractivity contribution in [2.45, 2.75) is 52.2 Å². The van der Waals surface area contributed by atoms with Gasteiger partial charge in [-0.25, -0.2) is 9.97 Å². The van der Waals surface area contributed by atoms with Crippen LogP contribution < -0.4 is 4.90 Å². The number of carbonyl (C=O) groups is 1. The first kappa shape index (κ1) is 18.2. The molecule has 1 unspecified atom stereocenters. The Labute approximate surface area is 159 Å². The zero-order valence-corrected chi connectivity index (χ0v) is 16.8. The van der Waals surface area contributed by atoms with Gasteiger partial charge in [0.05, 0.1) is 5.39 Å². The summed E-state index contributed by atoms with van der Waals surface area (Å²) in [5, 5.41) is 11.2. The maximum Gasteiger partial charge on any atom is 0.253 e. The fraction of sp³-hybridized carbons (Fsp3) is 0.650. The molecule has 7 heteroatoms. The van der Waals surface area contributed by atoms with Crippen molar-refractivity contribution in [3.05, 3.63) is 18.6 Å². The first-order valence-electron chi connectivity index (χ1n) is 9.57. The van der Waals surface area contributed by atoms with Crippen LogP contribution in [0.2, 0.25) is 0 Å². The maximum atomic E-state index is 12.6. The highest BCUT2D eigenvalue weighted by molar-refractivity contribution is 5.87. The monoisotopic (exact) mass is 371 g/mol. The third-order valence-electron chi connectivity index (χ3n) is 6.93. The second-order valence-corrected chi connectivity index (χ2v) is 9.45. The van der Waals surface area contributed by atoms with E-state index in [9.17, 15) is 9.90 Å². The summed E-state index contributed by atoms with van der Waals surface area (Å²) >= 11 is 0. The molecule has 2 aromatic heterocycles. The first-order valence-corrected chi connectivity index (χ1v) is 9.57. The van der Waals surface area contributed by atoms with E-state index in [-0.39, 0.29) is 16.7 Å². The molecule has 2 aromatic rings. The number of amides is 1. The van der Waals surface area contributed by atoms with Crippen LogP contribution >= 0.6 is 0 Å². The average molecular weight is 371 g/mol. The summed E-state index contributed by atoms with van der Waals surface area (Å²) in [4.78, 5) is 28.7. The van der Waals surface area contributed by atoms with Crippen molar-refractivity contribution in [2.75, 3.05) is 25.0 Å². The van der Waals surface area contributed by atoms with E-state index in [0.29, 0.717) is 19.1 Å². The van der Waals surface area contributed by atoms with Crippen molar-refractivity contribution in [2.24, 2.45) is 10.8 Å². The molecular formula is C20H29N5O2. The number of likely N-dealkylation sites (tertiary alicyclic amines) is 1. The molecule has 7 nitrogen and oxygen atoms in total. The van der Waals surface area contributed by atoms with Crippen LogP contribution in [0.25, 0.3) is 11.0 Å². The lowest BCUT2D eigenvalue weighted by molar-refractivity contribution is -0.147. The lowest BCUT2D eigenvalue weighted by Crippen LogP contribution is -2.45. The zero-order chi connectivity index (χ0) is 19.6. The van der Waals surface area contributed by atoms with Gasteiger partial charge in [0.25, 0.3) is 5.91 Å². The summed E-state index contributed by atoms with van der Waals surface area (Å²) in [6, 6.07) is 2.37. The summed E-state index contributed by atoms with van der Waals surface area (Å²) in [6.07, 6.45) is 5.48. The Morgan fingerprint density at radius 3 is 2.52 bits per heavy atom. The van der Waals surface area contributed by atoms with Crippen molar-refractivity contribution in [1.29, 1.82) is 0 Å². The van der Waals surface area contributed by atoms with Gasteiger partial charge in [-0.05, 0) is 43.6 Å². The van der Waals surface area contributed by atoms with Gasteiger partial charge in [-0.15, -0.1) is 0 Å². The molecule has 0 radical (unpaired) electrons. The van der Waals surface area contributed by atoms with Crippen molar-refractivity contribution in [3.8, 4) is 0 Å². The van der Waals surface area contributed by atoms with Crippen LogP contribution in [0.5, 0.6) is 0 Å². The predicted octanol–water partition coefficient (Wildman–Crippen LogP) is 2.18. The molecule has 146 valence electrons. The van der Waals surface area contributed by atoms with Gasteiger partial charge in [0.2, 0.25) is 0 Å². The number of aromatic amines is 1. The molecule has 2 fully saturated rings. The number of carbonyl (C=O) groups excluding carboxylic acids is 1. The molecule has 3 atom stereocenters. The summed E-state index contributed by atoms with van der Waals surface area (Å²) < 4.78 is 0. The summed E-state index contributed by atoms with van der Waals surface area (Å²) in [5.74, 6) is 0.775. The van der Waals surface area contributed by atoms with Gasteiger partial charge in [0, 0.05) is 32.4 Å². The molecule has 4 rings (SSSR count). The Balaban J connectivity index is 1.57. The minimum Gasteiger partial charge on any atom is -0.381 e. The molecule has 1 saturated carbocycles. The second kappa shape index (κ2) is 5.67. The molecule has 2 aliphatic rings. The third-order valence-corrected chi connectivity index (χ3v) is 6.93. The second-order valence-electron chi connectivity index (χ2n) is 9.45. The Morgan fingerprint density at radius 1 is 1.30 bits per heavy atom. The van der Waals surface area contributed by atoms with E-state index < -0.39 is 5.60 Å². The van der Waals surface area contributed by atoms with Crippen LogP contribution in [0, 0.1) is 10.8 Å². The molecule has 1 aliphatic carbocycles. The van der Waals surface area contributed by atoms with Crippen LogP contribution in [0.15, 0.2) is 18.6 Å². The van der Waals surface area contributed by atoms with Crippen molar-refractivity contribution < 1.29 is 9.90 Å². The van der Waals surface area contributed by atoms with E-state index in [1.165, 1.54) is 0 Å². The highest BCUT2D eigenvalue weighted by Gasteiger charge is 2.60. The number of aliphatic hydroxyl groups is 1.